The highest BCUT2D eigenvalue weighted by Gasteiger charge is 2.32. The van der Waals surface area contributed by atoms with Crippen molar-refractivity contribution in [3.05, 3.63) is 69.7 Å². The summed E-state index contributed by atoms with van der Waals surface area (Å²) < 4.78 is 0. The summed E-state index contributed by atoms with van der Waals surface area (Å²) in [4.78, 5) is 15.9. The number of carbonyl (C=O) groups is 1. The molecule has 0 saturated carbocycles. The smallest absolute Gasteiger partial charge is 0.328 e. The number of rotatable bonds is 2. The van der Waals surface area contributed by atoms with Crippen molar-refractivity contribution in [1.29, 1.82) is 0 Å². The molecule has 2 amide bonds. The fourth-order valence-electron chi connectivity index (χ4n) is 2.33. The first-order chi connectivity index (χ1) is 10.5. The molecular weight excluding hydrogens is 387 g/mol. The third-order valence-corrected chi connectivity index (χ3v) is 4.89. The van der Waals surface area contributed by atoms with E-state index in [1.165, 1.54) is 0 Å². The zero-order valence-corrected chi connectivity index (χ0v) is 14.4. The van der Waals surface area contributed by atoms with Crippen molar-refractivity contribution in [2.75, 3.05) is 0 Å². The Morgan fingerprint density at radius 3 is 2.09 bits per heavy atom. The standard InChI is InChI=1S/C16H11BrCl2N2O/c17-13-14(9-1-5-11(18)6-2-9)20-16(22)21-15(13)10-3-7-12(19)8-4-10/h1-8,13-14H,(H,20,22). The van der Waals surface area contributed by atoms with Gasteiger partial charge in [-0.15, -0.1) is 0 Å². The minimum Gasteiger partial charge on any atom is -0.328 e. The van der Waals surface area contributed by atoms with E-state index in [2.05, 4.69) is 26.2 Å². The van der Waals surface area contributed by atoms with Crippen LogP contribution in [0.25, 0.3) is 0 Å². The van der Waals surface area contributed by atoms with Gasteiger partial charge >= 0.3 is 6.03 Å². The molecule has 3 nitrogen and oxygen atoms in total. The topological polar surface area (TPSA) is 41.5 Å². The molecule has 2 aromatic rings. The maximum Gasteiger partial charge on any atom is 0.341 e. The molecular formula is C16H11BrCl2N2O. The highest BCUT2D eigenvalue weighted by atomic mass is 79.9. The molecule has 0 spiro atoms. The molecule has 0 radical (unpaired) electrons. The van der Waals surface area contributed by atoms with Gasteiger partial charge in [-0.05, 0) is 35.4 Å². The van der Waals surface area contributed by atoms with Gasteiger partial charge in [0.25, 0.3) is 0 Å². The number of hydrogen-bond acceptors (Lipinski definition) is 1. The summed E-state index contributed by atoms with van der Waals surface area (Å²) in [6.45, 7) is 0. The number of benzene rings is 2. The molecule has 6 heteroatoms. The number of hydrogen-bond donors (Lipinski definition) is 1. The van der Waals surface area contributed by atoms with Crippen LogP contribution in [0.15, 0.2) is 53.5 Å². The Morgan fingerprint density at radius 2 is 1.50 bits per heavy atom. The molecule has 1 aliphatic rings. The molecule has 112 valence electrons. The van der Waals surface area contributed by atoms with Crippen LogP contribution in [0, 0.1) is 0 Å². The third-order valence-electron chi connectivity index (χ3n) is 3.42. The van der Waals surface area contributed by atoms with Crippen LogP contribution in [0.5, 0.6) is 0 Å². The van der Waals surface area contributed by atoms with Crippen molar-refractivity contribution < 1.29 is 4.79 Å². The van der Waals surface area contributed by atoms with E-state index in [9.17, 15) is 4.79 Å². The van der Waals surface area contributed by atoms with Gasteiger partial charge in [-0.25, -0.2) is 4.79 Å². The quantitative estimate of drug-likeness (QED) is 0.711. The fraction of sp³-hybridized carbons (Fsp3) is 0.125. The maximum absolute atomic E-state index is 11.9. The van der Waals surface area contributed by atoms with Gasteiger partial charge in [0.05, 0.1) is 16.6 Å². The van der Waals surface area contributed by atoms with Crippen LogP contribution in [0.3, 0.4) is 0 Å². The lowest BCUT2D eigenvalue weighted by Crippen LogP contribution is -2.41. The monoisotopic (exact) mass is 396 g/mol. The van der Waals surface area contributed by atoms with Crippen molar-refractivity contribution >= 4 is 50.9 Å². The van der Waals surface area contributed by atoms with Crippen LogP contribution >= 0.6 is 39.1 Å². The summed E-state index contributed by atoms with van der Waals surface area (Å²) in [5.74, 6) is 0. The van der Waals surface area contributed by atoms with E-state index >= 15 is 0 Å². The summed E-state index contributed by atoms with van der Waals surface area (Å²) in [7, 11) is 0. The first-order valence-corrected chi connectivity index (χ1v) is 8.26. The minimum absolute atomic E-state index is 0.146. The Bertz CT molecular complexity index is 729. The average Bonchev–Trinajstić information content (AvgIpc) is 2.51. The van der Waals surface area contributed by atoms with Crippen LogP contribution in [0.2, 0.25) is 10.0 Å². The van der Waals surface area contributed by atoms with Crippen LogP contribution in [0.4, 0.5) is 4.79 Å². The molecule has 2 atom stereocenters. The van der Waals surface area contributed by atoms with E-state index in [0.717, 1.165) is 11.1 Å². The molecule has 1 aliphatic heterocycles. The van der Waals surface area contributed by atoms with E-state index in [1.54, 1.807) is 24.3 Å². The molecule has 0 saturated heterocycles. The summed E-state index contributed by atoms with van der Waals surface area (Å²) in [5.41, 5.74) is 2.50. The number of urea groups is 1. The second kappa shape index (κ2) is 6.41. The molecule has 22 heavy (non-hydrogen) atoms. The first-order valence-electron chi connectivity index (χ1n) is 6.59. The van der Waals surface area contributed by atoms with Crippen molar-refractivity contribution in [3.63, 3.8) is 0 Å². The molecule has 0 aliphatic carbocycles. The van der Waals surface area contributed by atoms with Crippen molar-refractivity contribution in [1.82, 2.24) is 5.32 Å². The Morgan fingerprint density at radius 1 is 0.955 bits per heavy atom. The number of nitrogens with one attached hydrogen (secondary N) is 1. The minimum atomic E-state index is -0.361. The van der Waals surface area contributed by atoms with E-state index in [1.807, 2.05) is 24.3 Å². The average molecular weight is 398 g/mol. The Labute approximate surface area is 146 Å². The van der Waals surface area contributed by atoms with E-state index < -0.39 is 0 Å². The Hall–Kier alpha value is -1.36. The van der Waals surface area contributed by atoms with Gasteiger partial charge in [0, 0.05) is 10.0 Å². The van der Waals surface area contributed by atoms with Gasteiger partial charge in [0.2, 0.25) is 0 Å². The number of carbonyl (C=O) groups excluding carboxylic acids is 1. The first kappa shape index (κ1) is 15.5. The van der Waals surface area contributed by atoms with Crippen molar-refractivity contribution in [3.8, 4) is 0 Å². The lowest BCUT2D eigenvalue weighted by Gasteiger charge is -2.29. The molecule has 3 rings (SSSR count). The van der Waals surface area contributed by atoms with Crippen LogP contribution in [0.1, 0.15) is 17.2 Å². The van der Waals surface area contributed by atoms with Crippen molar-refractivity contribution in [2.45, 2.75) is 10.9 Å². The molecule has 1 N–H and O–H groups in total. The zero-order valence-electron chi connectivity index (χ0n) is 11.3. The largest absolute Gasteiger partial charge is 0.341 e. The summed E-state index contributed by atoms with van der Waals surface area (Å²) in [5, 5.41) is 4.17. The predicted molar refractivity (Wildman–Crippen MR) is 93.4 cm³/mol. The molecule has 1 heterocycles. The summed E-state index contributed by atoms with van der Waals surface area (Å²) >= 11 is 15.5. The van der Waals surface area contributed by atoms with Crippen LogP contribution in [-0.4, -0.2) is 16.6 Å². The molecule has 0 bridgehead atoms. The van der Waals surface area contributed by atoms with Gasteiger partial charge in [0.15, 0.2) is 0 Å². The molecule has 2 unspecified atom stereocenters. The normalized spacial score (nSPS) is 21.2. The number of amides is 2. The third kappa shape index (κ3) is 3.19. The highest BCUT2D eigenvalue weighted by Crippen LogP contribution is 2.30. The van der Waals surface area contributed by atoms with Crippen LogP contribution < -0.4 is 5.32 Å². The molecule has 0 aromatic heterocycles. The van der Waals surface area contributed by atoms with Gasteiger partial charge in [0.1, 0.15) is 0 Å². The molecule has 2 aromatic carbocycles. The Balaban J connectivity index is 1.96. The fourth-order valence-corrected chi connectivity index (χ4v) is 3.39. The maximum atomic E-state index is 11.9. The number of aliphatic imine (C=N–C) groups is 1. The second-order valence-corrected chi connectivity index (χ2v) is 6.74. The van der Waals surface area contributed by atoms with Gasteiger partial charge < -0.3 is 5.32 Å². The highest BCUT2D eigenvalue weighted by molar-refractivity contribution is 9.10. The zero-order chi connectivity index (χ0) is 15.7. The summed E-state index contributed by atoms with van der Waals surface area (Å²) in [6.07, 6.45) is 0. The number of alkyl halides is 1. The van der Waals surface area contributed by atoms with Gasteiger partial charge in [-0.1, -0.05) is 63.4 Å². The number of nitrogens with zero attached hydrogens (tertiary/aromatic N) is 1. The van der Waals surface area contributed by atoms with Crippen molar-refractivity contribution in [2.24, 2.45) is 4.99 Å². The molecule has 0 fully saturated rings. The second-order valence-electron chi connectivity index (χ2n) is 4.88. The van der Waals surface area contributed by atoms with Gasteiger partial charge in [-0.3, -0.25) is 0 Å². The number of halogens is 3. The lowest BCUT2D eigenvalue weighted by molar-refractivity contribution is 0.244. The summed E-state index contributed by atoms with van der Waals surface area (Å²) in [6, 6.07) is 14.1. The predicted octanol–water partition coefficient (Wildman–Crippen LogP) is 5.01. The Kier molecular flexibility index (Phi) is 4.52. The SMILES string of the molecule is O=C1N=C(c2ccc(Cl)cc2)C(Br)C(c2ccc(Cl)cc2)N1. The van der Waals surface area contributed by atoms with Crippen LogP contribution in [-0.2, 0) is 0 Å². The van der Waals surface area contributed by atoms with E-state index in [0.29, 0.717) is 15.8 Å². The lowest BCUT2D eigenvalue weighted by atomic mass is 9.96. The van der Waals surface area contributed by atoms with Gasteiger partial charge in [-0.2, -0.15) is 4.99 Å². The van der Waals surface area contributed by atoms with E-state index in [4.69, 9.17) is 23.2 Å². The van der Waals surface area contributed by atoms with E-state index in [-0.39, 0.29) is 16.9 Å².